The lowest BCUT2D eigenvalue weighted by molar-refractivity contribution is -0.120. The molecule has 0 saturated carbocycles. The molecule has 2 aromatic heterocycles. The molecule has 1 N–H and O–H groups in total. The van der Waals surface area contributed by atoms with Gasteiger partial charge < -0.3 is 10.1 Å². The molecule has 0 aromatic carbocycles. The van der Waals surface area contributed by atoms with E-state index in [2.05, 4.69) is 31.5 Å². The van der Waals surface area contributed by atoms with Crippen molar-refractivity contribution in [2.24, 2.45) is 0 Å². The molecule has 1 fully saturated rings. The highest BCUT2D eigenvalue weighted by molar-refractivity contribution is 8.00. The highest BCUT2D eigenvalue weighted by Gasteiger charge is 2.10. The fraction of sp³-hybridized carbons (Fsp3) is 0.524. The van der Waals surface area contributed by atoms with Gasteiger partial charge in [-0.2, -0.15) is 0 Å². The van der Waals surface area contributed by atoms with E-state index in [-0.39, 0.29) is 5.91 Å². The average Bonchev–Trinajstić information content (AvgIpc) is 3.28. The predicted molar refractivity (Wildman–Crippen MR) is 121 cm³/mol. The van der Waals surface area contributed by atoms with Crippen LogP contribution in [0.4, 0.5) is 0 Å². The number of aromatic nitrogens is 3. The van der Waals surface area contributed by atoms with E-state index in [1.807, 2.05) is 24.4 Å². The molecule has 0 aliphatic carbocycles. The molecule has 7 nitrogen and oxygen atoms in total. The third kappa shape index (κ3) is 8.81. The summed E-state index contributed by atoms with van der Waals surface area (Å²) in [4.78, 5) is 18.6. The Bertz CT molecular complexity index is 779. The van der Waals surface area contributed by atoms with Crippen molar-refractivity contribution in [3.8, 4) is 5.88 Å². The zero-order chi connectivity index (χ0) is 20.9. The van der Waals surface area contributed by atoms with Gasteiger partial charge in [-0.3, -0.25) is 9.69 Å². The summed E-state index contributed by atoms with van der Waals surface area (Å²) in [7, 11) is 0. The Hall–Kier alpha value is -1.97. The number of hydrogen-bond acceptors (Lipinski definition) is 8. The number of nitrogens with one attached hydrogen (secondary N) is 1. The topological polar surface area (TPSA) is 80.2 Å². The van der Waals surface area contributed by atoms with Gasteiger partial charge in [-0.1, -0.05) is 35.6 Å². The summed E-state index contributed by atoms with van der Waals surface area (Å²) in [5.41, 5.74) is 2.95. The first-order valence-corrected chi connectivity index (χ1v) is 12.3. The van der Waals surface area contributed by atoms with E-state index in [0.29, 0.717) is 25.5 Å². The average molecular weight is 448 g/mol. The molecular formula is C21H29N5O2S2. The number of carbonyl (C=O) groups is 1. The van der Waals surface area contributed by atoms with Gasteiger partial charge in [-0.15, -0.1) is 10.2 Å². The van der Waals surface area contributed by atoms with Crippen molar-refractivity contribution in [1.82, 2.24) is 25.4 Å². The Morgan fingerprint density at radius 1 is 1.30 bits per heavy atom. The van der Waals surface area contributed by atoms with Crippen molar-refractivity contribution in [2.75, 3.05) is 32.0 Å². The van der Waals surface area contributed by atoms with Crippen molar-refractivity contribution >= 4 is 29.0 Å². The van der Waals surface area contributed by atoms with E-state index >= 15 is 0 Å². The fourth-order valence-electron chi connectivity index (χ4n) is 3.17. The van der Waals surface area contributed by atoms with Crippen LogP contribution in [0.1, 0.15) is 37.7 Å². The number of hydrogen-bond donors (Lipinski definition) is 1. The van der Waals surface area contributed by atoms with Crippen LogP contribution < -0.4 is 10.1 Å². The minimum absolute atomic E-state index is 0.0607. The van der Waals surface area contributed by atoms with Gasteiger partial charge >= 0.3 is 0 Å². The molecule has 0 spiro atoms. The van der Waals surface area contributed by atoms with Crippen LogP contribution in [-0.4, -0.2) is 58.0 Å². The standard InChI is InChI=1S/C21H29N5O2S2/c27-19(7-6-14-29-21-25-24-17-30-21)22-9-2-5-13-28-20-15-18(8-10-23-20)16-26-11-3-1-4-12-26/h2,5,8,10,15,17H,1,3-4,6-7,9,11-14,16H2,(H,22,27)/b5-2-. The number of carbonyl (C=O) groups excluding carboxylic acids is 1. The SMILES string of the molecule is O=C(CCCSc1nncs1)NC/C=C\COc1cc(CN2CCCCC2)ccn1. The first kappa shape index (κ1) is 22.7. The van der Waals surface area contributed by atoms with Gasteiger partial charge in [0.25, 0.3) is 0 Å². The molecule has 1 amide bonds. The van der Waals surface area contributed by atoms with Gasteiger partial charge in [0.1, 0.15) is 12.1 Å². The van der Waals surface area contributed by atoms with Crippen molar-refractivity contribution in [3.05, 3.63) is 41.6 Å². The first-order valence-electron chi connectivity index (χ1n) is 10.4. The van der Waals surface area contributed by atoms with E-state index in [1.54, 1.807) is 17.3 Å². The Kier molecular flexibility index (Phi) is 10.1. The third-order valence-corrected chi connectivity index (χ3v) is 6.63. The number of thioether (sulfide) groups is 1. The van der Waals surface area contributed by atoms with Crippen LogP contribution in [0.3, 0.4) is 0 Å². The molecule has 30 heavy (non-hydrogen) atoms. The summed E-state index contributed by atoms with van der Waals surface area (Å²) in [5.74, 6) is 1.58. The molecule has 3 heterocycles. The summed E-state index contributed by atoms with van der Waals surface area (Å²) in [6.45, 7) is 4.26. The van der Waals surface area contributed by atoms with E-state index in [1.165, 1.54) is 49.3 Å². The number of ether oxygens (including phenoxy) is 1. The lowest BCUT2D eigenvalue weighted by atomic mass is 10.1. The minimum Gasteiger partial charge on any atom is -0.473 e. The van der Waals surface area contributed by atoms with E-state index in [4.69, 9.17) is 4.74 Å². The molecule has 0 radical (unpaired) electrons. The van der Waals surface area contributed by atoms with E-state index < -0.39 is 0 Å². The first-order chi connectivity index (χ1) is 14.8. The van der Waals surface area contributed by atoms with Crippen molar-refractivity contribution in [1.29, 1.82) is 0 Å². The molecular weight excluding hydrogens is 418 g/mol. The molecule has 162 valence electrons. The molecule has 0 atom stereocenters. The fourth-order valence-corrected chi connectivity index (χ4v) is 4.67. The van der Waals surface area contributed by atoms with Gasteiger partial charge in [0.05, 0.1) is 0 Å². The molecule has 2 aromatic rings. The van der Waals surface area contributed by atoms with Gasteiger partial charge in [-0.25, -0.2) is 4.98 Å². The highest BCUT2D eigenvalue weighted by Crippen LogP contribution is 2.20. The molecule has 9 heteroatoms. The van der Waals surface area contributed by atoms with Crippen LogP contribution in [0.2, 0.25) is 0 Å². The lowest BCUT2D eigenvalue weighted by Gasteiger charge is -2.26. The van der Waals surface area contributed by atoms with Gasteiger partial charge in [0, 0.05) is 37.5 Å². The monoisotopic (exact) mass is 447 g/mol. The number of nitrogens with zero attached hydrogens (tertiary/aromatic N) is 4. The summed E-state index contributed by atoms with van der Waals surface area (Å²) in [5, 5.41) is 10.7. The summed E-state index contributed by atoms with van der Waals surface area (Å²) >= 11 is 3.16. The third-order valence-electron chi connectivity index (χ3n) is 4.68. The molecule has 3 rings (SSSR count). The summed E-state index contributed by atoms with van der Waals surface area (Å²) in [6, 6.07) is 4.07. The molecule has 0 bridgehead atoms. The van der Waals surface area contributed by atoms with Crippen LogP contribution in [-0.2, 0) is 11.3 Å². The number of rotatable bonds is 12. The second-order valence-electron chi connectivity index (χ2n) is 7.08. The molecule has 0 unspecified atom stereocenters. The Balaban J connectivity index is 1.25. The number of likely N-dealkylation sites (tertiary alicyclic amines) is 1. The van der Waals surface area contributed by atoms with Gasteiger partial charge in [0.15, 0.2) is 4.34 Å². The Morgan fingerprint density at radius 2 is 2.20 bits per heavy atom. The summed E-state index contributed by atoms with van der Waals surface area (Å²) in [6.07, 6.45) is 10.9. The van der Waals surface area contributed by atoms with Gasteiger partial charge in [-0.05, 0) is 50.1 Å². The van der Waals surface area contributed by atoms with E-state index in [9.17, 15) is 4.79 Å². The second-order valence-corrected chi connectivity index (χ2v) is 9.26. The predicted octanol–water partition coefficient (Wildman–Crippen LogP) is 3.54. The second kappa shape index (κ2) is 13.4. The largest absolute Gasteiger partial charge is 0.473 e. The van der Waals surface area contributed by atoms with Gasteiger partial charge in [0.2, 0.25) is 11.8 Å². The number of pyridine rings is 1. The van der Waals surface area contributed by atoms with Crippen LogP contribution >= 0.6 is 23.1 Å². The summed E-state index contributed by atoms with van der Waals surface area (Å²) < 4.78 is 6.66. The van der Waals surface area contributed by atoms with Crippen LogP contribution in [0.15, 0.2) is 40.3 Å². The number of piperidine rings is 1. The molecule has 1 aliphatic rings. The van der Waals surface area contributed by atoms with Crippen molar-refractivity contribution in [2.45, 2.75) is 43.0 Å². The zero-order valence-corrected chi connectivity index (χ0v) is 18.8. The maximum absolute atomic E-state index is 11.8. The lowest BCUT2D eigenvalue weighted by Crippen LogP contribution is -2.29. The highest BCUT2D eigenvalue weighted by atomic mass is 32.2. The quantitative estimate of drug-likeness (QED) is 0.303. The Labute approximate surface area is 186 Å². The van der Waals surface area contributed by atoms with Crippen LogP contribution in [0.5, 0.6) is 5.88 Å². The maximum Gasteiger partial charge on any atom is 0.220 e. The smallest absolute Gasteiger partial charge is 0.220 e. The van der Waals surface area contributed by atoms with E-state index in [0.717, 1.165) is 23.1 Å². The van der Waals surface area contributed by atoms with Crippen molar-refractivity contribution in [3.63, 3.8) is 0 Å². The maximum atomic E-state index is 11.8. The number of amides is 1. The van der Waals surface area contributed by atoms with Crippen molar-refractivity contribution < 1.29 is 9.53 Å². The van der Waals surface area contributed by atoms with Crippen LogP contribution in [0, 0.1) is 0 Å². The minimum atomic E-state index is 0.0607. The van der Waals surface area contributed by atoms with Crippen LogP contribution in [0.25, 0.3) is 0 Å². The normalized spacial score (nSPS) is 14.8. The molecule has 1 aliphatic heterocycles. The Morgan fingerprint density at radius 3 is 3.03 bits per heavy atom. The molecule has 1 saturated heterocycles. The zero-order valence-electron chi connectivity index (χ0n) is 17.2.